The van der Waals surface area contributed by atoms with Crippen molar-refractivity contribution in [3.05, 3.63) is 252 Å². The lowest BCUT2D eigenvalue weighted by Gasteiger charge is -2.19. The van der Waals surface area contributed by atoms with E-state index < -0.39 is 0 Å². The number of rotatable bonds is 9. The van der Waals surface area contributed by atoms with E-state index in [-0.39, 0.29) is 5.41 Å². The van der Waals surface area contributed by atoms with Crippen LogP contribution in [0.25, 0.3) is 102 Å². The Labute approximate surface area is 387 Å². The molecule has 0 aliphatic heterocycles. The first kappa shape index (κ1) is 40.6. The predicted molar refractivity (Wildman–Crippen MR) is 283 cm³/mol. The van der Waals surface area contributed by atoms with Crippen LogP contribution < -0.4 is 0 Å². The van der Waals surface area contributed by atoms with Crippen LogP contribution in [0, 0.1) is 0 Å². The van der Waals surface area contributed by atoms with Crippen molar-refractivity contribution in [3.63, 3.8) is 0 Å². The molecule has 0 aliphatic carbocycles. The van der Waals surface area contributed by atoms with E-state index in [1.54, 1.807) is 0 Å². The van der Waals surface area contributed by atoms with Crippen molar-refractivity contribution < 1.29 is 0 Å². The largest absolute Gasteiger partial charge is 0.307 e. The molecule has 316 valence electrons. The first-order valence-electron chi connectivity index (χ1n) is 22.9. The smallest absolute Gasteiger partial charge is 0.0803 e. The summed E-state index contributed by atoms with van der Waals surface area (Å²) in [5.41, 5.74) is 20.2. The first-order chi connectivity index (χ1) is 32.3. The van der Waals surface area contributed by atoms with Gasteiger partial charge in [-0.1, -0.05) is 233 Å². The molecule has 2 nitrogen and oxygen atoms in total. The lowest BCUT2D eigenvalue weighted by molar-refractivity contribution is 0.590. The minimum Gasteiger partial charge on any atom is -0.307 e. The minimum absolute atomic E-state index is 0.0365. The Morgan fingerprint density at radius 3 is 1.15 bits per heavy atom. The molecular formula is C64H50N2. The highest BCUT2D eigenvalue weighted by molar-refractivity contribution is 6.20. The zero-order valence-electron chi connectivity index (χ0n) is 37.6. The lowest BCUT2D eigenvalue weighted by Crippen LogP contribution is -2.10. The molecule has 0 fully saturated rings. The summed E-state index contributed by atoms with van der Waals surface area (Å²) in [5.74, 6) is 0. The van der Waals surface area contributed by atoms with Crippen LogP contribution in [0.4, 0.5) is 0 Å². The van der Waals surface area contributed by atoms with Gasteiger partial charge in [0, 0.05) is 22.1 Å². The third-order valence-corrected chi connectivity index (χ3v) is 12.9. The SMILES string of the molecule is CC(C)(C)c1ccc(-n2c3cc(-c4ccc(/C=C/c5ccccc5)cc4)ccc3c3c2c2ccc(-c4ccc(/C=C/c5ccccc5)cc4)cc2n3-c2cccc(-c3ccccc3)c2)cc1. The van der Waals surface area contributed by atoms with Gasteiger partial charge in [-0.15, -0.1) is 0 Å². The van der Waals surface area contributed by atoms with Crippen molar-refractivity contribution in [2.45, 2.75) is 26.2 Å². The molecular weight excluding hydrogens is 797 g/mol. The number of nitrogens with zero attached hydrogens (tertiary/aromatic N) is 2. The highest BCUT2D eigenvalue weighted by atomic mass is 15.1. The fraction of sp³-hybridized carbons (Fsp3) is 0.0625. The second-order valence-corrected chi connectivity index (χ2v) is 18.3. The third kappa shape index (κ3) is 7.88. The third-order valence-electron chi connectivity index (χ3n) is 12.9. The van der Waals surface area contributed by atoms with Crippen molar-refractivity contribution in [2.75, 3.05) is 0 Å². The van der Waals surface area contributed by atoms with Gasteiger partial charge in [-0.2, -0.15) is 0 Å². The van der Waals surface area contributed by atoms with Gasteiger partial charge in [0.05, 0.1) is 22.1 Å². The molecule has 0 saturated heterocycles. The van der Waals surface area contributed by atoms with Gasteiger partial charge in [0.15, 0.2) is 0 Å². The predicted octanol–water partition coefficient (Wildman–Crippen LogP) is 17.4. The van der Waals surface area contributed by atoms with Crippen LogP contribution in [0.5, 0.6) is 0 Å². The Morgan fingerprint density at radius 2 is 0.682 bits per heavy atom. The van der Waals surface area contributed by atoms with Gasteiger partial charge in [-0.25, -0.2) is 0 Å². The van der Waals surface area contributed by atoms with E-state index >= 15 is 0 Å². The van der Waals surface area contributed by atoms with Crippen molar-refractivity contribution in [1.29, 1.82) is 0 Å². The molecule has 11 aromatic rings. The second-order valence-electron chi connectivity index (χ2n) is 18.3. The molecule has 0 amide bonds. The van der Waals surface area contributed by atoms with Crippen LogP contribution in [-0.4, -0.2) is 9.13 Å². The molecule has 0 bridgehead atoms. The van der Waals surface area contributed by atoms with E-state index in [4.69, 9.17) is 0 Å². The van der Waals surface area contributed by atoms with E-state index in [0.717, 1.165) is 11.4 Å². The summed E-state index contributed by atoms with van der Waals surface area (Å²) in [4.78, 5) is 0. The number of aromatic nitrogens is 2. The average molecular weight is 847 g/mol. The molecule has 0 atom stereocenters. The zero-order chi connectivity index (χ0) is 44.6. The molecule has 0 saturated carbocycles. The van der Waals surface area contributed by atoms with Crippen LogP contribution in [-0.2, 0) is 5.41 Å². The highest BCUT2D eigenvalue weighted by Gasteiger charge is 2.24. The molecule has 0 N–H and O–H groups in total. The van der Waals surface area contributed by atoms with Crippen LogP contribution in [0.1, 0.15) is 48.6 Å². The Morgan fingerprint density at radius 1 is 0.303 bits per heavy atom. The Kier molecular flexibility index (Phi) is 10.5. The molecule has 0 spiro atoms. The Balaban J connectivity index is 1.11. The standard InChI is InChI=1S/C64H50N2/c1-64(2,3)55-36-38-56(39-37-55)65-60-43-53(50-30-26-47(27-31-50)24-22-45-14-7-4-8-15-45)34-40-58(60)63-62(65)59-41-35-54(51-32-28-48(29-33-51)25-23-46-16-9-5-10-17-46)44-61(59)66(63)57-21-13-20-52(42-57)49-18-11-6-12-19-49/h4-44H,1-3H3/b24-22+,25-23+. The van der Waals surface area contributed by atoms with Gasteiger partial charge >= 0.3 is 0 Å². The monoisotopic (exact) mass is 846 g/mol. The van der Waals surface area contributed by atoms with Crippen LogP contribution >= 0.6 is 0 Å². The van der Waals surface area contributed by atoms with Crippen molar-refractivity contribution >= 4 is 57.1 Å². The highest BCUT2D eigenvalue weighted by Crippen LogP contribution is 2.44. The van der Waals surface area contributed by atoms with Crippen molar-refractivity contribution in [1.82, 2.24) is 9.13 Å². The molecule has 9 aromatic carbocycles. The molecule has 2 heterocycles. The van der Waals surface area contributed by atoms with E-state index in [2.05, 4.69) is 279 Å². The van der Waals surface area contributed by atoms with E-state index in [0.29, 0.717) is 0 Å². The van der Waals surface area contributed by atoms with Crippen molar-refractivity contribution in [3.8, 4) is 44.8 Å². The summed E-state index contributed by atoms with van der Waals surface area (Å²) in [6.07, 6.45) is 8.71. The fourth-order valence-electron chi connectivity index (χ4n) is 9.33. The maximum absolute atomic E-state index is 2.51. The molecule has 0 unspecified atom stereocenters. The number of hydrogen-bond donors (Lipinski definition) is 0. The maximum Gasteiger partial charge on any atom is 0.0803 e. The van der Waals surface area contributed by atoms with Gasteiger partial charge in [-0.05, 0) is 103 Å². The number of hydrogen-bond acceptors (Lipinski definition) is 0. The molecule has 2 aromatic heterocycles. The number of benzene rings is 9. The summed E-state index contributed by atoms with van der Waals surface area (Å²) in [5, 5.41) is 2.40. The zero-order valence-corrected chi connectivity index (χ0v) is 37.6. The summed E-state index contributed by atoms with van der Waals surface area (Å²) in [6.45, 7) is 6.85. The van der Waals surface area contributed by atoms with Crippen molar-refractivity contribution in [2.24, 2.45) is 0 Å². The molecule has 2 heteroatoms. The first-order valence-corrected chi connectivity index (χ1v) is 22.9. The number of fused-ring (bicyclic) bond motifs is 5. The summed E-state index contributed by atoms with van der Waals surface area (Å²) >= 11 is 0. The van der Waals surface area contributed by atoms with E-state index in [1.807, 2.05) is 0 Å². The molecule has 0 radical (unpaired) electrons. The van der Waals surface area contributed by atoms with Gasteiger partial charge < -0.3 is 9.13 Å². The van der Waals surface area contributed by atoms with Gasteiger partial charge in [0.1, 0.15) is 0 Å². The minimum atomic E-state index is 0.0365. The van der Waals surface area contributed by atoms with E-state index in [9.17, 15) is 0 Å². The maximum atomic E-state index is 2.51. The molecule has 11 rings (SSSR count). The summed E-state index contributed by atoms with van der Waals surface area (Å²) in [6, 6.07) is 81.8. The Bertz CT molecular complexity index is 3540. The topological polar surface area (TPSA) is 9.86 Å². The van der Waals surface area contributed by atoms with E-state index in [1.165, 1.54) is 94.0 Å². The van der Waals surface area contributed by atoms with Crippen LogP contribution in [0.15, 0.2) is 224 Å². The molecule has 0 aliphatic rings. The van der Waals surface area contributed by atoms with Gasteiger partial charge in [-0.3, -0.25) is 0 Å². The molecule has 66 heavy (non-hydrogen) atoms. The Hall–Kier alpha value is -8.20. The van der Waals surface area contributed by atoms with Crippen LogP contribution in [0.2, 0.25) is 0 Å². The van der Waals surface area contributed by atoms with Gasteiger partial charge in [0.2, 0.25) is 0 Å². The normalized spacial score (nSPS) is 12.0. The van der Waals surface area contributed by atoms with Gasteiger partial charge in [0.25, 0.3) is 0 Å². The van der Waals surface area contributed by atoms with Crippen LogP contribution in [0.3, 0.4) is 0 Å². The second kappa shape index (κ2) is 17.1. The lowest BCUT2D eigenvalue weighted by atomic mass is 9.87. The average Bonchev–Trinajstić information content (AvgIpc) is 3.88. The summed E-state index contributed by atoms with van der Waals surface area (Å²) in [7, 11) is 0. The quantitative estimate of drug-likeness (QED) is 0.128. The summed E-state index contributed by atoms with van der Waals surface area (Å²) < 4.78 is 5.01. The fourth-order valence-corrected chi connectivity index (χ4v) is 9.33.